The molecule has 1 spiro atoms. The van der Waals surface area contributed by atoms with E-state index in [1.165, 1.54) is 6.42 Å². The first-order valence-corrected chi connectivity index (χ1v) is 8.75. The molecule has 4 aliphatic heterocycles. The molecule has 0 radical (unpaired) electrons. The van der Waals surface area contributed by atoms with Gasteiger partial charge in [0.25, 0.3) is 0 Å². The molecule has 0 unspecified atom stereocenters. The van der Waals surface area contributed by atoms with Crippen molar-refractivity contribution in [2.75, 3.05) is 6.61 Å². The van der Waals surface area contributed by atoms with Crippen molar-refractivity contribution in [1.29, 1.82) is 0 Å². The number of fused-ring (bicyclic) bond motifs is 2. The third-order valence-corrected chi connectivity index (χ3v) is 6.43. The standard InChI is InChI=1S/C18H26O5/c1-5-10-19-15-12(3)14-7-6-11(2)13-8-9-17(4)21-16(20-15)18(13,14)23-22-17/h1,11-16H,6-10H2,2-4H3/t11-,12-,13+,14+,15-,16-,17+,18-/m1/s1. The van der Waals surface area contributed by atoms with E-state index in [1.807, 2.05) is 6.92 Å². The molecule has 0 aromatic heterocycles. The van der Waals surface area contributed by atoms with Crippen LogP contribution >= 0.6 is 0 Å². The average Bonchev–Trinajstić information content (AvgIpc) is 2.76. The highest BCUT2D eigenvalue weighted by Crippen LogP contribution is 2.60. The van der Waals surface area contributed by atoms with Crippen molar-refractivity contribution in [1.82, 2.24) is 0 Å². The molecule has 1 saturated carbocycles. The molecule has 8 atom stereocenters. The molecule has 0 N–H and O–H groups in total. The lowest BCUT2D eigenvalue weighted by molar-refractivity contribution is -0.577. The molecule has 23 heavy (non-hydrogen) atoms. The second-order valence-electron chi connectivity index (χ2n) is 7.79. The van der Waals surface area contributed by atoms with Gasteiger partial charge in [-0.25, -0.2) is 9.78 Å². The fourth-order valence-electron chi connectivity index (χ4n) is 5.19. The van der Waals surface area contributed by atoms with Crippen molar-refractivity contribution in [2.24, 2.45) is 23.7 Å². The molecule has 5 rings (SSSR count). The van der Waals surface area contributed by atoms with Crippen molar-refractivity contribution in [3.05, 3.63) is 0 Å². The van der Waals surface area contributed by atoms with E-state index in [9.17, 15) is 0 Å². The van der Waals surface area contributed by atoms with Crippen LogP contribution in [-0.4, -0.2) is 30.6 Å². The molecular formula is C18H26O5. The number of hydrogen-bond donors (Lipinski definition) is 0. The Morgan fingerprint density at radius 3 is 2.78 bits per heavy atom. The minimum atomic E-state index is -0.741. The van der Waals surface area contributed by atoms with Gasteiger partial charge in [0.15, 0.2) is 18.2 Å². The topological polar surface area (TPSA) is 46.2 Å². The molecular weight excluding hydrogens is 296 g/mol. The van der Waals surface area contributed by atoms with Gasteiger partial charge in [-0.15, -0.1) is 6.42 Å². The number of terminal acetylenes is 1. The van der Waals surface area contributed by atoms with Gasteiger partial charge in [-0.05, 0) is 38.0 Å². The van der Waals surface area contributed by atoms with Gasteiger partial charge in [-0.1, -0.05) is 19.8 Å². The normalized spacial score (nSPS) is 54.9. The van der Waals surface area contributed by atoms with E-state index in [1.54, 1.807) is 0 Å². The molecule has 2 bridgehead atoms. The first-order chi connectivity index (χ1) is 11.0. The van der Waals surface area contributed by atoms with Crippen LogP contribution in [0.1, 0.15) is 46.5 Å². The van der Waals surface area contributed by atoms with Crippen molar-refractivity contribution >= 4 is 0 Å². The smallest absolute Gasteiger partial charge is 0.201 e. The summed E-state index contributed by atoms with van der Waals surface area (Å²) in [5.74, 6) is 3.20. The first kappa shape index (κ1) is 15.9. The van der Waals surface area contributed by atoms with Gasteiger partial charge in [-0.3, -0.25) is 0 Å². The zero-order chi connectivity index (χ0) is 16.2. The van der Waals surface area contributed by atoms with Crippen LogP contribution in [0.25, 0.3) is 0 Å². The molecule has 0 aromatic carbocycles. The minimum absolute atomic E-state index is 0.184. The van der Waals surface area contributed by atoms with Gasteiger partial charge < -0.3 is 14.2 Å². The fraction of sp³-hybridized carbons (Fsp3) is 0.889. The van der Waals surface area contributed by atoms with Crippen molar-refractivity contribution in [2.45, 2.75) is 70.4 Å². The summed E-state index contributed by atoms with van der Waals surface area (Å²) < 4.78 is 18.2. The minimum Gasteiger partial charge on any atom is -0.340 e. The van der Waals surface area contributed by atoms with Gasteiger partial charge >= 0.3 is 0 Å². The average molecular weight is 322 g/mol. The summed E-state index contributed by atoms with van der Waals surface area (Å²) in [6.45, 7) is 6.64. The SMILES string of the molecule is C#CCO[C@@H]1O[C@@H]2O[C@]3(C)CC[C@H]4[C@H](C)CC[C@@H]([C@H]1C)[C@@]24OO3. The Kier molecular flexibility index (Phi) is 3.75. The maximum Gasteiger partial charge on any atom is 0.201 e. The third-order valence-electron chi connectivity index (χ3n) is 6.43. The number of rotatable bonds is 2. The maximum atomic E-state index is 6.23. The van der Waals surface area contributed by atoms with E-state index in [0.29, 0.717) is 11.8 Å². The largest absolute Gasteiger partial charge is 0.340 e. The summed E-state index contributed by atoms with van der Waals surface area (Å²) in [5.41, 5.74) is -0.525. The lowest BCUT2D eigenvalue weighted by Gasteiger charge is -2.60. The van der Waals surface area contributed by atoms with Crippen LogP contribution in [0.15, 0.2) is 0 Å². The van der Waals surface area contributed by atoms with E-state index >= 15 is 0 Å². The highest BCUT2D eigenvalue weighted by atomic mass is 17.3. The summed E-state index contributed by atoms with van der Waals surface area (Å²) in [5, 5.41) is 0. The molecule has 5 fully saturated rings. The van der Waals surface area contributed by atoms with Gasteiger partial charge in [0, 0.05) is 18.3 Å². The van der Waals surface area contributed by atoms with Crippen LogP contribution < -0.4 is 0 Å². The third kappa shape index (κ3) is 2.20. The fourth-order valence-corrected chi connectivity index (χ4v) is 5.19. The first-order valence-electron chi connectivity index (χ1n) is 8.75. The molecule has 4 heterocycles. The van der Waals surface area contributed by atoms with Crippen LogP contribution in [0, 0.1) is 36.0 Å². The Balaban J connectivity index is 1.72. The molecule has 0 amide bonds. The monoisotopic (exact) mass is 322 g/mol. The predicted octanol–water partition coefficient (Wildman–Crippen LogP) is 2.84. The van der Waals surface area contributed by atoms with Gasteiger partial charge in [0.05, 0.1) is 0 Å². The second-order valence-corrected chi connectivity index (χ2v) is 7.79. The van der Waals surface area contributed by atoms with Crippen molar-refractivity contribution < 1.29 is 24.0 Å². The van der Waals surface area contributed by atoms with E-state index in [2.05, 4.69) is 19.8 Å². The summed E-state index contributed by atoms with van der Waals surface area (Å²) in [6.07, 6.45) is 8.64. The Labute approximate surface area is 137 Å². The quantitative estimate of drug-likeness (QED) is 0.578. The number of hydrogen-bond acceptors (Lipinski definition) is 5. The zero-order valence-corrected chi connectivity index (χ0v) is 14.1. The molecule has 128 valence electrons. The van der Waals surface area contributed by atoms with Gasteiger partial charge in [0.1, 0.15) is 6.61 Å². The number of ether oxygens (including phenoxy) is 3. The molecule has 0 aromatic rings. The van der Waals surface area contributed by atoms with Gasteiger partial charge in [-0.2, -0.15) is 0 Å². The lowest BCUT2D eigenvalue weighted by atomic mass is 9.58. The van der Waals surface area contributed by atoms with Gasteiger partial charge in [0.2, 0.25) is 5.79 Å². The Hall–Kier alpha value is -0.640. The Morgan fingerprint density at radius 1 is 1.17 bits per heavy atom. The van der Waals surface area contributed by atoms with Crippen LogP contribution in [0.5, 0.6) is 0 Å². The van der Waals surface area contributed by atoms with E-state index in [-0.39, 0.29) is 24.7 Å². The summed E-state index contributed by atoms with van der Waals surface area (Å²) in [7, 11) is 0. The molecule has 5 nitrogen and oxygen atoms in total. The van der Waals surface area contributed by atoms with E-state index in [4.69, 9.17) is 30.4 Å². The Bertz CT molecular complexity index is 516. The predicted molar refractivity (Wildman–Crippen MR) is 81.6 cm³/mol. The van der Waals surface area contributed by atoms with E-state index < -0.39 is 17.7 Å². The van der Waals surface area contributed by atoms with Crippen LogP contribution in [0.2, 0.25) is 0 Å². The van der Waals surface area contributed by atoms with Crippen molar-refractivity contribution in [3.63, 3.8) is 0 Å². The summed E-state index contributed by atoms with van der Waals surface area (Å²) in [6, 6.07) is 0. The van der Waals surface area contributed by atoms with Crippen LogP contribution in [0.4, 0.5) is 0 Å². The van der Waals surface area contributed by atoms with Crippen LogP contribution in [-0.2, 0) is 24.0 Å². The Morgan fingerprint density at radius 2 is 2.00 bits per heavy atom. The molecule has 5 aliphatic rings. The summed E-state index contributed by atoms with van der Waals surface area (Å²) >= 11 is 0. The highest BCUT2D eigenvalue weighted by molar-refractivity contribution is 5.09. The molecule has 4 saturated heterocycles. The lowest BCUT2D eigenvalue weighted by Crippen LogP contribution is -2.70. The molecule has 5 heteroatoms. The summed E-state index contributed by atoms with van der Waals surface area (Å²) in [4.78, 5) is 11.8. The van der Waals surface area contributed by atoms with Crippen molar-refractivity contribution in [3.8, 4) is 12.3 Å². The second kappa shape index (κ2) is 5.44. The van der Waals surface area contributed by atoms with Crippen LogP contribution in [0.3, 0.4) is 0 Å². The zero-order valence-electron chi connectivity index (χ0n) is 14.1. The maximum absolute atomic E-state index is 6.23. The molecule has 1 aliphatic carbocycles. The van der Waals surface area contributed by atoms with E-state index in [0.717, 1.165) is 19.3 Å². The highest BCUT2D eigenvalue weighted by Gasteiger charge is 2.69.